The van der Waals surface area contributed by atoms with Crippen LogP contribution in [0.1, 0.15) is 54.8 Å². The van der Waals surface area contributed by atoms with E-state index in [1.165, 1.54) is 5.56 Å². The van der Waals surface area contributed by atoms with Crippen LogP contribution in [-0.4, -0.2) is 16.1 Å². The summed E-state index contributed by atoms with van der Waals surface area (Å²) in [6.07, 6.45) is 7.91. The van der Waals surface area contributed by atoms with Crippen molar-refractivity contribution in [1.82, 2.24) is 15.5 Å². The van der Waals surface area contributed by atoms with Gasteiger partial charge in [0, 0.05) is 5.02 Å². The number of hydrogen-bond donors (Lipinski definition) is 2. The van der Waals surface area contributed by atoms with E-state index in [-0.39, 0.29) is 17.4 Å². The number of carbonyl (C=O) groups is 1. The molecule has 5 heteroatoms. The zero-order valence-corrected chi connectivity index (χ0v) is 13.7. The zero-order valence-electron chi connectivity index (χ0n) is 12.9. The molecule has 0 bridgehead atoms. The summed E-state index contributed by atoms with van der Waals surface area (Å²) in [5.41, 5.74) is 3.12. The second-order valence-corrected chi connectivity index (χ2v) is 7.12. The molecule has 2 N–H and O–H groups in total. The lowest BCUT2D eigenvalue weighted by Crippen LogP contribution is -2.52. The van der Waals surface area contributed by atoms with Gasteiger partial charge in [-0.3, -0.25) is 9.89 Å². The van der Waals surface area contributed by atoms with Gasteiger partial charge in [-0.25, -0.2) is 0 Å². The number of halogens is 1. The van der Waals surface area contributed by atoms with Crippen LogP contribution in [0.3, 0.4) is 0 Å². The average Bonchev–Trinajstić information content (AvgIpc) is 3.00. The van der Waals surface area contributed by atoms with Crippen LogP contribution in [-0.2, 0) is 16.8 Å². The number of nitrogens with one attached hydrogen (secondary N) is 2. The first-order valence-electron chi connectivity index (χ1n) is 8.28. The molecule has 2 aliphatic rings. The molecule has 1 aromatic heterocycles. The molecule has 23 heavy (non-hydrogen) atoms. The third-order valence-corrected chi connectivity index (χ3v) is 5.57. The molecular weight excluding hydrogens is 310 g/mol. The molecule has 0 unspecified atom stereocenters. The van der Waals surface area contributed by atoms with Crippen molar-refractivity contribution in [2.75, 3.05) is 0 Å². The lowest BCUT2D eigenvalue weighted by Gasteiger charge is -2.44. The lowest BCUT2D eigenvalue weighted by molar-refractivity contribution is -0.126. The van der Waals surface area contributed by atoms with Crippen LogP contribution >= 0.6 is 11.6 Å². The number of H-pyrrole nitrogens is 1. The summed E-state index contributed by atoms with van der Waals surface area (Å²) in [5, 5.41) is 11.2. The highest BCUT2D eigenvalue weighted by Gasteiger charge is 2.42. The third kappa shape index (κ3) is 2.55. The number of nitrogens with zero attached hydrogens (tertiary/aromatic N) is 1. The predicted molar refractivity (Wildman–Crippen MR) is 89.4 cm³/mol. The largest absolute Gasteiger partial charge is 0.346 e. The van der Waals surface area contributed by atoms with Gasteiger partial charge in [0.2, 0.25) is 5.91 Å². The van der Waals surface area contributed by atoms with Gasteiger partial charge in [-0.15, -0.1) is 0 Å². The van der Waals surface area contributed by atoms with Crippen LogP contribution in [0.15, 0.2) is 30.5 Å². The first-order valence-corrected chi connectivity index (χ1v) is 8.66. The molecule has 0 radical (unpaired) electrons. The SMILES string of the molecule is O=C(NC1(c2ccc(Cl)cc2)CCC1)[C@@H]1CCCc2cn[nH]c21. The summed E-state index contributed by atoms with van der Waals surface area (Å²) < 4.78 is 0. The number of aromatic nitrogens is 2. The van der Waals surface area contributed by atoms with Crippen LogP contribution in [0, 0.1) is 0 Å². The van der Waals surface area contributed by atoms with E-state index in [4.69, 9.17) is 11.6 Å². The maximum atomic E-state index is 12.9. The molecule has 1 fully saturated rings. The third-order valence-electron chi connectivity index (χ3n) is 5.32. The molecule has 0 saturated heterocycles. The van der Waals surface area contributed by atoms with Crippen molar-refractivity contribution in [2.24, 2.45) is 0 Å². The molecule has 0 aliphatic heterocycles. The van der Waals surface area contributed by atoms with Crippen LogP contribution in [0.25, 0.3) is 0 Å². The van der Waals surface area contributed by atoms with Gasteiger partial charge in [-0.05, 0) is 61.8 Å². The van der Waals surface area contributed by atoms with E-state index >= 15 is 0 Å². The van der Waals surface area contributed by atoms with Crippen LogP contribution in [0.4, 0.5) is 0 Å². The number of benzene rings is 1. The Bertz CT molecular complexity index is 718. The lowest BCUT2D eigenvalue weighted by atomic mass is 9.71. The Morgan fingerprint density at radius 3 is 2.74 bits per heavy atom. The smallest absolute Gasteiger partial charge is 0.229 e. The van der Waals surface area contributed by atoms with E-state index in [9.17, 15) is 4.79 Å². The fourth-order valence-corrected chi connectivity index (χ4v) is 3.96. The van der Waals surface area contributed by atoms with Gasteiger partial charge in [-0.1, -0.05) is 23.7 Å². The van der Waals surface area contributed by atoms with Crippen molar-refractivity contribution in [1.29, 1.82) is 0 Å². The minimum absolute atomic E-state index is 0.106. The quantitative estimate of drug-likeness (QED) is 0.902. The molecule has 1 aromatic carbocycles. The van der Waals surface area contributed by atoms with Crippen molar-refractivity contribution in [3.05, 3.63) is 52.3 Å². The Morgan fingerprint density at radius 2 is 2.04 bits per heavy atom. The molecule has 1 atom stereocenters. The van der Waals surface area contributed by atoms with E-state index in [0.29, 0.717) is 0 Å². The van der Waals surface area contributed by atoms with Crippen LogP contribution in [0.2, 0.25) is 5.02 Å². The van der Waals surface area contributed by atoms with Gasteiger partial charge in [0.15, 0.2) is 0 Å². The number of aryl methyl sites for hydroxylation is 1. The summed E-state index contributed by atoms with van der Waals surface area (Å²) in [6.45, 7) is 0. The van der Waals surface area contributed by atoms with Gasteiger partial charge in [0.1, 0.15) is 0 Å². The van der Waals surface area contributed by atoms with Gasteiger partial charge in [-0.2, -0.15) is 5.10 Å². The van der Waals surface area contributed by atoms with Gasteiger partial charge >= 0.3 is 0 Å². The number of aromatic amines is 1. The Hall–Kier alpha value is -1.81. The highest BCUT2D eigenvalue weighted by atomic mass is 35.5. The molecule has 1 saturated carbocycles. The van der Waals surface area contributed by atoms with E-state index < -0.39 is 0 Å². The molecule has 4 nitrogen and oxygen atoms in total. The normalized spacial score (nSPS) is 22.0. The summed E-state index contributed by atoms with van der Waals surface area (Å²) in [6, 6.07) is 7.86. The number of carbonyl (C=O) groups excluding carboxylic acids is 1. The van der Waals surface area contributed by atoms with E-state index in [1.807, 2.05) is 30.5 Å². The average molecular weight is 330 g/mol. The number of amides is 1. The molecule has 1 heterocycles. The fraction of sp³-hybridized carbons (Fsp3) is 0.444. The Balaban J connectivity index is 1.57. The van der Waals surface area contributed by atoms with Crippen LogP contribution in [0.5, 0.6) is 0 Å². The highest BCUT2D eigenvalue weighted by molar-refractivity contribution is 6.30. The van der Waals surface area contributed by atoms with E-state index in [2.05, 4.69) is 15.5 Å². The van der Waals surface area contributed by atoms with Crippen LogP contribution < -0.4 is 5.32 Å². The molecular formula is C18H20ClN3O. The highest BCUT2D eigenvalue weighted by Crippen LogP contribution is 2.42. The second kappa shape index (κ2) is 5.68. The fourth-order valence-electron chi connectivity index (χ4n) is 3.83. The minimum atomic E-state index is -0.223. The van der Waals surface area contributed by atoms with Crippen molar-refractivity contribution >= 4 is 17.5 Å². The number of rotatable bonds is 3. The molecule has 1 amide bonds. The number of hydrogen-bond acceptors (Lipinski definition) is 2. The van der Waals surface area contributed by atoms with Gasteiger partial charge < -0.3 is 5.32 Å². The summed E-state index contributed by atoms with van der Waals surface area (Å²) in [4.78, 5) is 12.9. The Morgan fingerprint density at radius 1 is 1.26 bits per heavy atom. The molecule has 4 rings (SSSR count). The Labute approximate surface area is 140 Å². The van der Waals surface area contributed by atoms with Crippen molar-refractivity contribution in [3.63, 3.8) is 0 Å². The monoisotopic (exact) mass is 329 g/mol. The first-order chi connectivity index (χ1) is 11.2. The second-order valence-electron chi connectivity index (χ2n) is 6.69. The van der Waals surface area contributed by atoms with E-state index in [0.717, 1.165) is 54.8 Å². The molecule has 0 spiro atoms. The maximum Gasteiger partial charge on any atom is 0.229 e. The van der Waals surface area contributed by atoms with Crippen molar-refractivity contribution in [2.45, 2.75) is 50.0 Å². The van der Waals surface area contributed by atoms with Crippen molar-refractivity contribution < 1.29 is 4.79 Å². The maximum absolute atomic E-state index is 12.9. The first kappa shape index (κ1) is 14.8. The topological polar surface area (TPSA) is 57.8 Å². The van der Waals surface area contributed by atoms with E-state index in [1.54, 1.807) is 0 Å². The predicted octanol–water partition coefficient (Wildman–Crippen LogP) is 3.68. The van der Waals surface area contributed by atoms with Gasteiger partial charge in [0.05, 0.1) is 23.3 Å². The van der Waals surface area contributed by atoms with Gasteiger partial charge in [0.25, 0.3) is 0 Å². The standard InChI is InChI=1S/C18H20ClN3O/c19-14-7-5-13(6-8-14)18(9-2-10-18)21-17(23)15-4-1-3-12-11-20-22-16(12)15/h5-8,11,15H,1-4,9-10H2,(H,20,22)(H,21,23)/t15-/m1/s1. The number of fused-ring (bicyclic) bond motifs is 1. The zero-order chi connectivity index (χ0) is 15.9. The Kier molecular flexibility index (Phi) is 3.64. The minimum Gasteiger partial charge on any atom is -0.346 e. The van der Waals surface area contributed by atoms with Crippen molar-refractivity contribution in [3.8, 4) is 0 Å². The summed E-state index contributed by atoms with van der Waals surface area (Å²) in [7, 11) is 0. The molecule has 2 aromatic rings. The molecule has 2 aliphatic carbocycles. The molecule has 120 valence electrons. The summed E-state index contributed by atoms with van der Waals surface area (Å²) >= 11 is 6.00. The summed E-state index contributed by atoms with van der Waals surface area (Å²) in [5.74, 6) is 0.0101.